The lowest BCUT2D eigenvalue weighted by atomic mass is 10.0. The van der Waals surface area contributed by atoms with Crippen LogP contribution in [0.3, 0.4) is 0 Å². The van der Waals surface area contributed by atoms with Gasteiger partial charge in [0.05, 0.1) is 11.3 Å². The molecule has 0 aromatic heterocycles. The molecule has 1 aliphatic rings. The van der Waals surface area contributed by atoms with Crippen molar-refractivity contribution in [2.45, 2.75) is 12.6 Å². The Morgan fingerprint density at radius 1 is 1.20 bits per heavy atom. The molecule has 2 nitrogen and oxygen atoms in total. The zero-order chi connectivity index (χ0) is 10.9. The minimum absolute atomic E-state index is 0.176. The van der Waals surface area contributed by atoms with Crippen LogP contribution in [0.2, 0.25) is 0 Å². The number of rotatable bonds is 1. The lowest BCUT2D eigenvalue weighted by molar-refractivity contribution is -0.137. The molecule has 2 rings (SSSR count). The predicted octanol–water partition coefficient (Wildman–Crippen LogP) is 2.40. The van der Waals surface area contributed by atoms with E-state index in [0.717, 1.165) is 6.07 Å². The highest BCUT2D eigenvalue weighted by Crippen LogP contribution is 2.32. The minimum Gasteiger partial charge on any atom is -0.309 e. The third kappa shape index (κ3) is 1.95. The number of hydrogen-bond donors (Lipinski definition) is 1. The van der Waals surface area contributed by atoms with Gasteiger partial charge in [-0.25, -0.2) is 0 Å². The Morgan fingerprint density at radius 2 is 1.93 bits per heavy atom. The summed E-state index contributed by atoms with van der Waals surface area (Å²) in [6.07, 6.45) is -3.78. The molecule has 0 spiro atoms. The molecule has 0 aliphatic carbocycles. The Labute approximate surface area is 84.8 Å². The lowest BCUT2D eigenvalue weighted by Gasteiger charge is -2.11. The van der Waals surface area contributed by atoms with Crippen molar-refractivity contribution in [3.8, 4) is 0 Å². The van der Waals surface area contributed by atoms with E-state index >= 15 is 0 Å². The van der Waals surface area contributed by atoms with Crippen LogP contribution in [0.25, 0.3) is 0 Å². The van der Waals surface area contributed by atoms with Crippen molar-refractivity contribution in [2.24, 2.45) is 5.10 Å². The highest BCUT2D eigenvalue weighted by Gasteiger charge is 2.34. The third-order valence-corrected chi connectivity index (χ3v) is 2.23. The van der Waals surface area contributed by atoms with Crippen LogP contribution in [-0.4, -0.2) is 12.3 Å². The quantitative estimate of drug-likeness (QED) is 0.762. The second kappa shape index (κ2) is 3.56. The molecule has 5 heteroatoms. The number of nitrogens with zero attached hydrogens (tertiary/aromatic N) is 1. The van der Waals surface area contributed by atoms with Crippen molar-refractivity contribution in [3.63, 3.8) is 0 Å². The van der Waals surface area contributed by atoms with Crippen molar-refractivity contribution < 1.29 is 13.2 Å². The van der Waals surface area contributed by atoms with E-state index in [9.17, 15) is 13.2 Å². The van der Waals surface area contributed by atoms with Gasteiger partial charge in [-0.05, 0) is 6.07 Å². The van der Waals surface area contributed by atoms with Gasteiger partial charge in [-0.15, -0.1) is 0 Å². The molecule has 0 amide bonds. The number of benzene rings is 1. The van der Waals surface area contributed by atoms with Crippen molar-refractivity contribution in [1.82, 2.24) is 5.43 Å². The molecule has 15 heavy (non-hydrogen) atoms. The van der Waals surface area contributed by atoms with E-state index in [-0.39, 0.29) is 5.56 Å². The summed E-state index contributed by atoms with van der Waals surface area (Å²) in [5.41, 5.74) is 2.70. The van der Waals surface area contributed by atoms with E-state index in [1.54, 1.807) is 6.07 Å². The third-order valence-electron chi connectivity index (χ3n) is 2.23. The first-order chi connectivity index (χ1) is 7.09. The molecule has 1 heterocycles. The summed E-state index contributed by atoms with van der Waals surface area (Å²) in [7, 11) is 0. The first-order valence-electron chi connectivity index (χ1n) is 4.55. The summed E-state index contributed by atoms with van der Waals surface area (Å²) in [5.74, 6) is 0. The fraction of sp³-hybridized carbons (Fsp3) is 0.300. The van der Waals surface area contributed by atoms with Crippen LogP contribution in [0.15, 0.2) is 29.4 Å². The number of alkyl halides is 3. The lowest BCUT2D eigenvalue weighted by Crippen LogP contribution is -2.12. The molecule has 1 aromatic rings. The number of nitrogens with one attached hydrogen (secondary N) is 1. The van der Waals surface area contributed by atoms with E-state index in [4.69, 9.17) is 0 Å². The van der Waals surface area contributed by atoms with Gasteiger partial charge in [-0.1, -0.05) is 18.2 Å². The first-order valence-corrected chi connectivity index (χ1v) is 4.55. The standard InChI is InChI=1S/C10H9F3N2/c11-10(12,13)8-4-2-1-3-7(8)9-5-6-14-15-9/h1-4,14H,5-6H2. The molecule has 0 saturated carbocycles. The SMILES string of the molecule is FC(F)(F)c1ccccc1C1=NNCC1. The van der Waals surface area contributed by atoms with Gasteiger partial charge in [0.2, 0.25) is 0 Å². The summed E-state index contributed by atoms with van der Waals surface area (Å²) in [5, 5.41) is 3.85. The summed E-state index contributed by atoms with van der Waals surface area (Å²) in [4.78, 5) is 0. The summed E-state index contributed by atoms with van der Waals surface area (Å²) >= 11 is 0. The second-order valence-electron chi connectivity index (χ2n) is 3.26. The Bertz CT molecular complexity index is 396. The molecule has 1 aromatic carbocycles. The van der Waals surface area contributed by atoms with Crippen LogP contribution in [0, 0.1) is 0 Å². The average molecular weight is 214 g/mol. The maximum atomic E-state index is 12.6. The highest BCUT2D eigenvalue weighted by atomic mass is 19.4. The van der Waals surface area contributed by atoms with Gasteiger partial charge in [0.15, 0.2) is 0 Å². The monoisotopic (exact) mass is 214 g/mol. The van der Waals surface area contributed by atoms with E-state index in [1.165, 1.54) is 12.1 Å². The van der Waals surface area contributed by atoms with Crippen molar-refractivity contribution in [2.75, 3.05) is 6.54 Å². The van der Waals surface area contributed by atoms with E-state index in [1.807, 2.05) is 0 Å². The highest BCUT2D eigenvalue weighted by molar-refractivity contribution is 6.02. The Balaban J connectivity index is 2.47. The normalized spacial score (nSPS) is 16.1. The van der Waals surface area contributed by atoms with Crippen LogP contribution in [0.1, 0.15) is 17.5 Å². The summed E-state index contributed by atoms with van der Waals surface area (Å²) < 4.78 is 37.9. The molecule has 1 aliphatic heterocycles. The summed E-state index contributed by atoms with van der Waals surface area (Å²) in [6, 6.07) is 5.51. The first kappa shape index (κ1) is 10.0. The predicted molar refractivity (Wildman–Crippen MR) is 50.6 cm³/mol. The molecule has 0 bridgehead atoms. The van der Waals surface area contributed by atoms with Crippen LogP contribution in [0.4, 0.5) is 13.2 Å². The number of hydrogen-bond acceptors (Lipinski definition) is 2. The van der Waals surface area contributed by atoms with Crippen molar-refractivity contribution in [1.29, 1.82) is 0 Å². The molecule has 1 N–H and O–H groups in total. The van der Waals surface area contributed by atoms with Gasteiger partial charge in [0.25, 0.3) is 0 Å². The number of hydrazone groups is 1. The van der Waals surface area contributed by atoms with Gasteiger partial charge < -0.3 is 5.43 Å². The van der Waals surface area contributed by atoms with E-state index in [0.29, 0.717) is 18.7 Å². The zero-order valence-electron chi connectivity index (χ0n) is 7.80. The molecular formula is C10H9F3N2. The topological polar surface area (TPSA) is 24.4 Å². The van der Waals surface area contributed by atoms with Gasteiger partial charge in [0.1, 0.15) is 0 Å². The molecule has 0 atom stereocenters. The zero-order valence-corrected chi connectivity index (χ0v) is 7.80. The number of halogens is 3. The fourth-order valence-corrected chi connectivity index (χ4v) is 1.56. The molecule has 0 saturated heterocycles. The van der Waals surface area contributed by atoms with Crippen molar-refractivity contribution >= 4 is 5.71 Å². The molecule has 0 fully saturated rings. The van der Waals surface area contributed by atoms with Crippen LogP contribution >= 0.6 is 0 Å². The van der Waals surface area contributed by atoms with Gasteiger partial charge in [0, 0.05) is 18.5 Å². The second-order valence-corrected chi connectivity index (χ2v) is 3.26. The van der Waals surface area contributed by atoms with E-state index < -0.39 is 11.7 Å². The average Bonchev–Trinajstić information content (AvgIpc) is 2.69. The van der Waals surface area contributed by atoms with E-state index in [2.05, 4.69) is 10.5 Å². The molecular weight excluding hydrogens is 205 g/mol. The smallest absolute Gasteiger partial charge is 0.309 e. The molecule has 80 valence electrons. The summed E-state index contributed by atoms with van der Waals surface area (Å²) in [6.45, 7) is 0.599. The molecule has 0 radical (unpaired) electrons. The van der Waals surface area contributed by atoms with Gasteiger partial charge in [-0.3, -0.25) is 0 Å². The van der Waals surface area contributed by atoms with Gasteiger partial charge in [-0.2, -0.15) is 18.3 Å². The van der Waals surface area contributed by atoms with Crippen molar-refractivity contribution in [3.05, 3.63) is 35.4 Å². The minimum atomic E-state index is -4.32. The van der Waals surface area contributed by atoms with Gasteiger partial charge >= 0.3 is 6.18 Å². The fourth-order valence-electron chi connectivity index (χ4n) is 1.56. The maximum absolute atomic E-state index is 12.6. The van der Waals surface area contributed by atoms with Crippen LogP contribution in [0.5, 0.6) is 0 Å². The maximum Gasteiger partial charge on any atom is 0.417 e. The van der Waals surface area contributed by atoms with Crippen LogP contribution in [-0.2, 0) is 6.18 Å². The molecule has 0 unspecified atom stereocenters. The Kier molecular flexibility index (Phi) is 2.38. The largest absolute Gasteiger partial charge is 0.417 e. The van der Waals surface area contributed by atoms with Crippen LogP contribution < -0.4 is 5.43 Å². The Hall–Kier alpha value is -1.52. The Morgan fingerprint density at radius 3 is 2.53 bits per heavy atom.